The van der Waals surface area contributed by atoms with Gasteiger partial charge in [0.25, 0.3) is 0 Å². The maximum absolute atomic E-state index is 11.9. The van der Waals surface area contributed by atoms with Crippen molar-refractivity contribution in [2.45, 2.75) is 20.8 Å². The minimum Gasteiger partial charge on any atom is -0.300 e. The van der Waals surface area contributed by atoms with Crippen LogP contribution in [0, 0.1) is 5.41 Å². The number of carbonyl (C=O) groups excluding carboxylic acids is 1. The predicted molar refractivity (Wildman–Crippen MR) is 62.1 cm³/mol. The summed E-state index contributed by atoms with van der Waals surface area (Å²) in [6.45, 7) is 5.63. The molecule has 0 unspecified atom stereocenters. The standard InChI is InChI=1S/C11H15ClN2O/c1-11(2,3)10(15)14(4)9-6-5-8(12)7-13-9/h5-7H,1-4H3. The van der Waals surface area contributed by atoms with Crippen LogP contribution in [-0.4, -0.2) is 17.9 Å². The molecule has 1 aromatic heterocycles. The summed E-state index contributed by atoms with van der Waals surface area (Å²) in [4.78, 5) is 17.5. The Morgan fingerprint density at radius 2 is 2.00 bits per heavy atom. The summed E-state index contributed by atoms with van der Waals surface area (Å²) in [6.07, 6.45) is 1.53. The maximum Gasteiger partial charge on any atom is 0.233 e. The first-order chi connectivity index (χ1) is 6.82. The third-order valence-corrected chi connectivity index (χ3v) is 2.23. The highest BCUT2D eigenvalue weighted by atomic mass is 35.5. The highest BCUT2D eigenvalue weighted by molar-refractivity contribution is 6.30. The van der Waals surface area contributed by atoms with Gasteiger partial charge >= 0.3 is 0 Å². The molecule has 0 aliphatic rings. The Kier molecular flexibility index (Phi) is 3.35. The Morgan fingerprint density at radius 1 is 1.40 bits per heavy atom. The molecule has 0 aliphatic carbocycles. The van der Waals surface area contributed by atoms with Crippen molar-refractivity contribution in [1.29, 1.82) is 0 Å². The van der Waals surface area contributed by atoms with Gasteiger partial charge in [-0.2, -0.15) is 0 Å². The molecule has 0 bridgehead atoms. The quantitative estimate of drug-likeness (QED) is 0.738. The Labute approximate surface area is 95.1 Å². The molecule has 0 saturated heterocycles. The van der Waals surface area contributed by atoms with Crippen LogP contribution in [0.25, 0.3) is 0 Å². The van der Waals surface area contributed by atoms with Crippen LogP contribution in [0.5, 0.6) is 0 Å². The second-order valence-electron chi connectivity index (χ2n) is 4.45. The summed E-state index contributed by atoms with van der Waals surface area (Å²) in [6, 6.07) is 3.45. The van der Waals surface area contributed by atoms with E-state index in [4.69, 9.17) is 11.6 Å². The molecule has 0 aromatic carbocycles. The number of pyridine rings is 1. The average Bonchev–Trinajstić information content (AvgIpc) is 2.15. The lowest BCUT2D eigenvalue weighted by molar-refractivity contribution is -0.125. The van der Waals surface area contributed by atoms with Crippen molar-refractivity contribution in [2.75, 3.05) is 11.9 Å². The van der Waals surface area contributed by atoms with Crippen LogP contribution in [0.15, 0.2) is 18.3 Å². The first-order valence-corrected chi connectivity index (χ1v) is 5.10. The Balaban J connectivity index is 2.90. The van der Waals surface area contributed by atoms with Gasteiger partial charge in [-0.05, 0) is 12.1 Å². The molecule has 1 heterocycles. The monoisotopic (exact) mass is 226 g/mol. The first kappa shape index (κ1) is 12.0. The summed E-state index contributed by atoms with van der Waals surface area (Å²) >= 11 is 5.72. The number of nitrogens with zero attached hydrogens (tertiary/aromatic N) is 2. The average molecular weight is 227 g/mol. The van der Waals surface area contributed by atoms with Gasteiger partial charge in [0.1, 0.15) is 5.82 Å². The molecule has 0 fully saturated rings. The maximum atomic E-state index is 11.9. The van der Waals surface area contributed by atoms with Gasteiger partial charge in [0.2, 0.25) is 5.91 Å². The van der Waals surface area contributed by atoms with Gasteiger partial charge in [0, 0.05) is 18.7 Å². The predicted octanol–water partition coefficient (Wildman–Crippen LogP) is 2.74. The minimum atomic E-state index is -0.407. The molecule has 1 amide bonds. The number of anilines is 1. The van der Waals surface area contributed by atoms with Gasteiger partial charge in [-0.3, -0.25) is 9.69 Å². The number of carbonyl (C=O) groups is 1. The van der Waals surface area contributed by atoms with E-state index in [0.29, 0.717) is 10.8 Å². The topological polar surface area (TPSA) is 33.2 Å². The normalized spacial score (nSPS) is 11.3. The van der Waals surface area contributed by atoms with Gasteiger partial charge in [-0.15, -0.1) is 0 Å². The van der Waals surface area contributed by atoms with E-state index < -0.39 is 5.41 Å². The van der Waals surface area contributed by atoms with Crippen LogP contribution in [-0.2, 0) is 4.79 Å². The van der Waals surface area contributed by atoms with E-state index in [2.05, 4.69) is 4.98 Å². The molecule has 0 radical (unpaired) electrons. The fraction of sp³-hybridized carbons (Fsp3) is 0.455. The van der Waals surface area contributed by atoms with Crippen molar-refractivity contribution < 1.29 is 4.79 Å². The molecule has 0 N–H and O–H groups in total. The molecule has 3 nitrogen and oxygen atoms in total. The molecule has 15 heavy (non-hydrogen) atoms. The van der Waals surface area contributed by atoms with Crippen molar-refractivity contribution in [3.63, 3.8) is 0 Å². The molecule has 82 valence electrons. The highest BCUT2D eigenvalue weighted by Gasteiger charge is 2.26. The van der Waals surface area contributed by atoms with Crippen LogP contribution >= 0.6 is 11.6 Å². The van der Waals surface area contributed by atoms with Crippen LogP contribution < -0.4 is 4.90 Å². The number of rotatable bonds is 1. The molecule has 0 saturated carbocycles. The Bertz CT molecular complexity index is 354. The molecule has 1 aromatic rings. The number of amides is 1. The van der Waals surface area contributed by atoms with Crippen molar-refractivity contribution in [3.05, 3.63) is 23.4 Å². The van der Waals surface area contributed by atoms with Crippen molar-refractivity contribution in [2.24, 2.45) is 5.41 Å². The highest BCUT2D eigenvalue weighted by Crippen LogP contribution is 2.21. The number of hydrogen-bond donors (Lipinski definition) is 0. The summed E-state index contributed by atoms with van der Waals surface area (Å²) in [5.74, 6) is 0.636. The lowest BCUT2D eigenvalue weighted by Crippen LogP contribution is -2.37. The van der Waals surface area contributed by atoms with E-state index in [1.165, 1.54) is 11.1 Å². The van der Waals surface area contributed by atoms with Crippen LogP contribution in [0.3, 0.4) is 0 Å². The van der Waals surface area contributed by atoms with Crippen molar-refractivity contribution in [3.8, 4) is 0 Å². The van der Waals surface area contributed by atoms with Gasteiger partial charge in [-0.25, -0.2) is 4.98 Å². The van der Waals surface area contributed by atoms with E-state index in [1.807, 2.05) is 20.8 Å². The third-order valence-electron chi connectivity index (χ3n) is 2.00. The molecule has 1 rings (SSSR count). The number of halogens is 1. The van der Waals surface area contributed by atoms with Crippen LogP contribution in [0.2, 0.25) is 5.02 Å². The van der Waals surface area contributed by atoms with E-state index in [1.54, 1.807) is 19.2 Å². The smallest absolute Gasteiger partial charge is 0.233 e. The van der Waals surface area contributed by atoms with E-state index in [-0.39, 0.29) is 5.91 Å². The second kappa shape index (κ2) is 4.19. The summed E-state index contributed by atoms with van der Waals surface area (Å²) in [7, 11) is 1.71. The Hall–Kier alpha value is -1.09. The molecule has 0 atom stereocenters. The first-order valence-electron chi connectivity index (χ1n) is 4.72. The lowest BCUT2D eigenvalue weighted by Gasteiger charge is -2.25. The second-order valence-corrected chi connectivity index (χ2v) is 4.89. The fourth-order valence-electron chi connectivity index (χ4n) is 1.17. The summed E-state index contributed by atoms with van der Waals surface area (Å²) < 4.78 is 0. The van der Waals surface area contributed by atoms with Crippen LogP contribution in [0.1, 0.15) is 20.8 Å². The largest absolute Gasteiger partial charge is 0.300 e. The molecular weight excluding hydrogens is 212 g/mol. The lowest BCUT2D eigenvalue weighted by atomic mass is 9.95. The number of hydrogen-bond acceptors (Lipinski definition) is 2. The third kappa shape index (κ3) is 2.93. The zero-order valence-electron chi connectivity index (χ0n) is 9.41. The Morgan fingerprint density at radius 3 is 2.40 bits per heavy atom. The zero-order valence-corrected chi connectivity index (χ0v) is 10.2. The summed E-state index contributed by atoms with van der Waals surface area (Å²) in [5, 5.41) is 0.565. The number of aromatic nitrogens is 1. The molecule has 0 spiro atoms. The fourth-order valence-corrected chi connectivity index (χ4v) is 1.29. The van der Waals surface area contributed by atoms with Crippen molar-refractivity contribution in [1.82, 2.24) is 4.98 Å². The van der Waals surface area contributed by atoms with Gasteiger partial charge in [-0.1, -0.05) is 32.4 Å². The molecule has 4 heteroatoms. The molecular formula is C11H15ClN2O. The summed E-state index contributed by atoms with van der Waals surface area (Å²) in [5.41, 5.74) is -0.407. The van der Waals surface area contributed by atoms with E-state index >= 15 is 0 Å². The van der Waals surface area contributed by atoms with Crippen molar-refractivity contribution >= 4 is 23.3 Å². The van der Waals surface area contributed by atoms with Gasteiger partial charge in [0.05, 0.1) is 5.02 Å². The van der Waals surface area contributed by atoms with E-state index in [0.717, 1.165) is 0 Å². The van der Waals surface area contributed by atoms with Gasteiger partial charge < -0.3 is 0 Å². The van der Waals surface area contributed by atoms with E-state index in [9.17, 15) is 4.79 Å². The SMILES string of the molecule is CN(C(=O)C(C)(C)C)c1ccc(Cl)cn1. The minimum absolute atomic E-state index is 0.0253. The van der Waals surface area contributed by atoms with Crippen LogP contribution in [0.4, 0.5) is 5.82 Å². The zero-order chi connectivity index (χ0) is 11.6. The van der Waals surface area contributed by atoms with Gasteiger partial charge in [0.15, 0.2) is 0 Å². The molecule has 0 aliphatic heterocycles.